The first-order valence-electron chi connectivity index (χ1n) is 5.03. The van der Waals surface area contributed by atoms with Crippen LogP contribution in [0.5, 0.6) is 0 Å². The molecule has 0 saturated carbocycles. The van der Waals surface area contributed by atoms with Crippen molar-refractivity contribution in [2.75, 3.05) is 0 Å². The van der Waals surface area contributed by atoms with Crippen molar-refractivity contribution in [3.05, 3.63) is 53.0 Å². The highest BCUT2D eigenvalue weighted by Crippen LogP contribution is 2.30. The summed E-state index contributed by atoms with van der Waals surface area (Å²) in [5, 5.41) is 0. The highest BCUT2D eigenvalue weighted by molar-refractivity contribution is 9.11. The predicted molar refractivity (Wildman–Crippen MR) is 72.4 cm³/mol. The highest BCUT2D eigenvalue weighted by atomic mass is 79.9. The van der Waals surface area contributed by atoms with Gasteiger partial charge in [-0.15, -0.1) is 11.3 Å². The lowest BCUT2D eigenvalue weighted by Crippen LogP contribution is -1.89. The van der Waals surface area contributed by atoms with Crippen LogP contribution < -0.4 is 0 Å². The first kappa shape index (κ1) is 10.7. The maximum atomic E-state index is 4.40. The van der Waals surface area contributed by atoms with Gasteiger partial charge in [-0.25, -0.2) is 4.98 Å². The molecular weight excluding hydrogens is 298 g/mol. The van der Waals surface area contributed by atoms with E-state index < -0.39 is 0 Å². The quantitative estimate of drug-likeness (QED) is 0.722. The van der Waals surface area contributed by atoms with E-state index in [9.17, 15) is 0 Å². The van der Waals surface area contributed by atoms with Crippen molar-refractivity contribution in [3.63, 3.8) is 0 Å². The zero-order valence-corrected chi connectivity index (χ0v) is 11.1. The summed E-state index contributed by atoms with van der Waals surface area (Å²) in [6, 6.07) is 8.01. The Hall–Kier alpha value is -1.46. The van der Waals surface area contributed by atoms with Gasteiger partial charge in [-0.2, -0.15) is 0 Å². The minimum Gasteiger partial charge on any atom is -0.304 e. The second-order valence-corrected chi connectivity index (χ2v) is 5.94. The molecule has 0 aliphatic rings. The van der Waals surface area contributed by atoms with Crippen LogP contribution in [0.15, 0.2) is 53.0 Å². The van der Waals surface area contributed by atoms with Gasteiger partial charge in [0.05, 0.1) is 32.6 Å². The summed E-state index contributed by atoms with van der Waals surface area (Å²) in [6.07, 6.45) is 7.39. The first-order valence-corrected chi connectivity index (χ1v) is 6.64. The number of aromatic nitrogens is 3. The van der Waals surface area contributed by atoms with Gasteiger partial charge >= 0.3 is 0 Å². The van der Waals surface area contributed by atoms with Gasteiger partial charge < -0.3 is 4.57 Å². The van der Waals surface area contributed by atoms with Gasteiger partial charge in [0.2, 0.25) is 0 Å². The maximum Gasteiger partial charge on any atom is 0.1000 e. The van der Waals surface area contributed by atoms with Gasteiger partial charge in [0, 0.05) is 12.4 Å². The SMILES string of the molecule is Brc1ccc(-c2cn(-c3cccnc3)cn2)s1. The molecule has 0 N–H and O–H groups in total. The van der Waals surface area contributed by atoms with E-state index in [1.807, 2.05) is 35.2 Å². The van der Waals surface area contributed by atoms with Crippen LogP contribution in [0.1, 0.15) is 0 Å². The number of hydrogen-bond donors (Lipinski definition) is 0. The number of pyridine rings is 1. The Morgan fingerprint density at radius 1 is 1.24 bits per heavy atom. The molecule has 0 amide bonds. The van der Waals surface area contributed by atoms with E-state index in [0.717, 1.165) is 20.0 Å². The molecule has 5 heteroatoms. The van der Waals surface area contributed by atoms with Crippen LogP contribution in [-0.2, 0) is 0 Å². The summed E-state index contributed by atoms with van der Waals surface area (Å²) in [4.78, 5) is 9.65. The summed E-state index contributed by atoms with van der Waals surface area (Å²) in [7, 11) is 0. The molecule has 0 saturated heterocycles. The lowest BCUT2D eigenvalue weighted by Gasteiger charge is -1.98. The van der Waals surface area contributed by atoms with Crippen LogP contribution in [-0.4, -0.2) is 14.5 Å². The second-order valence-electron chi connectivity index (χ2n) is 3.48. The molecule has 3 nitrogen and oxygen atoms in total. The molecule has 0 aliphatic carbocycles. The lowest BCUT2D eigenvalue weighted by atomic mass is 10.4. The third kappa shape index (κ3) is 2.16. The Morgan fingerprint density at radius 2 is 2.18 bits per heavy atom. The monoisotopic (exact) mass is 305 g/mol. The van der Waals surface area contributed by atoms with Crippen LogP contribution in [0.4, 0.5) is 0 Å². The van der Waals surface area contributed by atoms with Crippen molar-refractivity contribution in [1.29, 1.82) is 0 Å². The van der Waals surface area contributed by atoms with E-state index in [0.29, 0.717) is 0 Å². The second kappa shape index (κ2) is 4.43. The normalized spacial score (nSPS) is 10.6. The Kier molecular flexibility index (Phi) is 2.78. The van der Waals surface area contributed by atoms with Crippen LogP contribution in [0, 0.1) is 0 Å². The van der Waals surface area contributed by atoms with Crippen molar-refractivity contribution >= 4 is 27.3 Å². The van der Waals surface area contributed by atoms with E-state index >= 15 is 0 Å². The van der Waals surface area contributed by atoms with Crippen molar-refractivity contribution < 1.29 is 0 Å². The fourth-order valence-electron chi connectivity index (χ4n) is 1.55. The average molecular weight is 306 g/mol. The molecule has 0 fully saturated rings. The number of rotatable bonds is 2. The third-order valence-corrected chi connectivity index (χ3v) is 4.00. The zero-order valence-electron chi connectivity index (χ0n) is 8.75. The molecule has 84 valence electrons. The summed E-state index contributed by atoms with van der Waals surface area (Å²) in [5.41, 5.74) is 1.99. The Morgan fingerprint density at radius 3 is 2.88 bits per heavy atom. The molecule has 17 heavy (non-hydrogen) atoms. The van der Waals surface area contributed by atoms with Crippen molar-refractivity contribution in [1.82, 2.24) is 14.5 Å². The van der Waals surface area contributed by atoms with Crippen LogP contribution in [0.25, 0.3) is 16.3 Å². The highest BCUT2D eigenvalue weighted by Gasteiger charge is 2.05. The van der Waals surface area contributed by atoms with E-state index in [1.54, 1.807) is 23.9 Å². The van der Waals surface area contributed by atoms with Gasteiger partial charge in [-0.1, -0.05) is 0 Å². The Balaban J connectivity index is 1.99. The van der Waals surface area contributed by atoms with E-state index in [-0.39, 0.29) is 0 Å². The molecule has 0 bridgehead atoms. The summed E-state index contributed by atoms with van der Waals surface area (Å²) >= 11 is 5.13. The molecule has 3 rings (SSSR count). The Labute approximate surface area is 111 Å². The van der Waals surface area contributed by atoms with E-state index in [1.165, 1.54) is 0 Å². The number of nitrogens with zero attached hydrogens (tertiary/aromatic N) is 3. The molecule has 3 aromatic heterocycles. The minimum atomic E-state index is 0.976. The van der Waals surface area contributed by atoms with Gasteiger partial charge in [0.1, 0.15) is 0 Å². The van der Waals surface area contributed by atoms with E-state index in [2.05, 4.69) is 32.0 Å². The molecule has 3 aromatic rings. The number of halogens is 1. The first-order chi connectivity index (χ1) is 8.33. The topological polar surface area (TPSA) is 30.7 Å². The standard InChI is InChI=1S/C12H8BrN3S/c13-12-4-3-11(17-12)10-7-16(8-15-10)9-2-1-5-14-6-9/h1-8H. The lowest BCUT2D eigenvalue weighted by molar-refractivity contribution is 1.04. The largest absolute Gasteiger partial charge is 0.304 e. The summed E-state index contributed by atoms with van der Waals surface area (Å²) in [5.74, 6) is 0. The van der Waals surface area contributed by atoms with Crippen molar-refractivity contribution in [2.24, 2.45) is 0 Å². The smallest absolute Gasteiger partial charge is 0.1000 e. The van der Waals surface area contributed by atoms with Gasteiger partial charge in [0.25, 0.3) is 0 Å². The fourth-order valence-corrected chi connectivity index (χ4v) is 2.90. The van der Waals surface area contributed by atoms with Crippen LogP contribution in [0.3, 0.4) is 0 Å². The van der Waals surface area contributed by atoms with Gasteiger partial charge in [-0.3, -0.25) is 4.98 Å². The summed E-state index contributed by atoms with van der Waals surface area (Å²) in [6.45, 7) is 0. The summed E-state index contributed by atoms with van der Waals surface area (Å²) < 4.78 is 3.08. The molecule has 3 heterocycles. The zero-order chi connectivity index (χ0) is 11.7. The number of thiophene rings is 1. The van der Waals surface area contributed by atoms with Gasteiger partial charge in [0.15, 0.2) is 0 Å². The molecular formula is C12H8BrN3S. The molecule has 0 unspecified atom stereocenters. The molecule has 0 aliphatic heterocycles. The van der Waals surface area contributed by atoms with Crippen molar-refractivity contribution in [2.45, 2.75) is 0 Å². The Bertz CT molecular complexity index is 630. The fraction of sp³-hybridized carbons (Fsp3) is 0. The average Bonchev–Trinajstić information content (AvgIpc) is 2.98. The maximum absolute atomic E-state index is 4.40. The molecule has 0 aromatic carbocycles. The third-order valence-electron chi connectivity index (χ3n) is 2.35. The number of imidazole rings is 1. The van der Waals surface area contributed by atoms with E-state index in [4.69, 9.17) is 0 Å². The minimum absolute atomic E-state index is 0.976. The molecule has 0 atom stereocenters. The number of hydrogen-bond acceptors (Lipinski definition) is 3. The van der Waals surface area contributed by atoms with Crippen molar-refractivity contribution in [3.8, 4) is 16.3 Å². The molecule has 0 radical (unpaired) electrons. The van der Waals surface area contributed by atoms with Gasteiger partial charge in [-0.05, 0) is 40.2 Å². The van der Waals surface area contributed by atoms with Crippen LogP contribution in [0.2, 0.25) is 0 Å². The van der Waals surface area contributed by atoms with Crippen LogP contribution >= 0.6 is 27.3 Å². The molecule has 0 spiro atoms. The predicted octanol–water partition coefficient (Wildman–Crippen LogP) is 3.76.